The molecule has 2 atom stereocenters. The summed E-state index contributed by atoms with van der Waals surface area (Å²) in [5.41, 5.74) is -0.312. The number of hydrogen-bond donors (Lipinski definition) is 0. The van der Waals surface area contributed by atoms with E-state index in [1.807, 2.05) is 0 Å². The summed E-state index contributed by atoms with van der Waals surface area (Å²) in [6, 6.07) is 9.08. The number of nitro groups is 1. The molecule has 2 aliphatic heterocycles. The van der Waals surface area contributed by atoms with Crippen LogP contribution in [0, 0.1) is 16.0 Å². The van der Waals surface area contributed by atoms with Crippen LogP contribution in [0.4, 0.5) is 11.4 Å². The van der Waals surface area contributed by atoms with Crippen LogP contribution in [-0.4, -0.2) is 34.3 Å². The van der Waals surface area contributed by atoms with Gasteiger partial charge in [0.2, 0.25) is 17.8 Å². The molecule has 0 unspecified atom stereocenters. The number of Topliss-reactive ketones (excluding diaryl/α,β-unsaturated/α-hetero) is 1. The van der Waals surface area contributed by atoms with Crippen LogP contribution in [0.1, 0.15) is 10.4 Å². The Balaban J connectivity index is 1.65. The highest BCUT2D eigenvalue weighted by molar-refractivity contribution is 6.53. The van der Waals surface area contributed by atoms with Gasteiger partial charge in [0, 0.05) is 22.7 Å². The van der Waals surface area contributed by atoms with Crippen molar-refractivity contribution in [2.75, 3.05) is 4.90 Å². The van der Waals surface area contributed by atoms with Gasteiger partial charge in [-0.2, -0.15) is 0 Å². The Morgan fingerprint density at radius 2 is 1.79 bits per heavy atom. The van der Waals surface area contributed by atoms with Crippen molar-refractivity contribution in [1.29, 1.82) is 0 Å². The molecule has 0 aliphatic carbocycles. The minimum Gasteiger partial charge on any atom is -0.381 e. The number of rotatable bonds is 4. The summed E-state index contributed by atoms with van der Waals surface area (Å²) in [6.07, 6.45) is -1.30. The topological polar surface area (TPSA) is 119 Å². The first-order valence-electron chi connectivity index (χ1n) is 8.15. The first-order chi connectivity index (χ1) is 13.8. The van der Waals surface area contributed by atoms with E-state index in [2.05, 4.69) is 5.16 Å². The van der Waals surface area contributed by atoms with Gasteiger partial charge in [-0.1, -0.05) is 28.4 Å². The fraction of sp³-hybridized carbons (Fsp3) is 0.111. The summed E-state index contributed by atoms with van der Waals surface area (Å²) in [7, 11) is 0. The van der Waals surface area contributed by atoms with Crippen molar-refractivity contribution >= 4 is 57.9 Å². The Bertz CT molecular complexity index is 1120. The third-order valence-corrected chi connectivity index (χ3v) is 5.09. The molecule has 0 bridgehead atoms. The largest absolute Gasteiger partial charge is 0.381 e. The van der Waals surface area contributed by atoms with Crippen molar-refractivity contribution in [2.45, 2.75) is 6.10 Å². The standard InChI is InChI=1S/C18H9Cl2N3O6/c19-9-3-6-11(20)12(7-9)22-17(25)13-14(21-29-16(13)18(22)26)15(24)8-1-4-10(5-2-8)23(27)28/h1-7,13,16H/t13-,16+/m0/s1. The van der Waals surface area contributed by atoms with Gasteiger partial charge in [0.15, 0.2) is 0 Å². The van der Waals surface area contributed by atoms with Crippen molar-refractivity contribution in [1.82, 2.24) is 0 Å². The summed E-state index contributed by atoms with van der Waals surface area (Å²) in [4.78, 5) is 54.5. The first-order valence-corrected chi connectivity index (χ1v) is 8.91. The summed E-state index contributed by atoms with van der Waals surface area (Å²) >= 11 is 12.0. The fourth-order valence-electron chi connectivity index (χ4n) is 3.14. The smallest absolute Gasteiger partial charge is 0.279 e. The number of nitro benzene ring substituents is 1. The lowest BCUT2D eigenvalue weighted by Gasteiger charge is -2.17. The lowest BCUT2D eigenvalue weighted by atomic mass is 9.93. The predicted molar refractivity (Wildman–Crippen MR) is 102 cm³/mol. The normalized spacial score (nSPS) is 20.3. The maximum Gasteiger partial charge on any atom is 0.279 e. The molecule has 9 nitrogen and oxygen atoms in total. The number of oxime groups is 1. The SMILES string of the molecule is O=C(C1=NO[C@H]2C(=O)N(c3cc(Cl)ccc3Cl)C(=O)[C@@H]12)c1ccc([N+](=O)[O-])cc1. The molecular formula is C18H9Cl2N3O6. The number of benzene rings is 2. The third-order valence-electron chi connectivity index (χ3n) is 4.53. The molecule has 11 heteroatoms. The van der Waals surface area contributed by atoms with E-state index in [4.69, 9.17) is 28.0 Å². The maximum atomic E-state index is 13.0. The van der Waals surface area contributed by atoms with E-state index in [-0.39, 0.29) is 32.7 Å². The molecule has 0 saturated carbocycles. The second-order valence-electron chi connectivity index (χ2n) is 6.22. The number of nitrogens with zero attached hydrogens (tertiary/aromatic N) is 3. The number of fused-ring (bicyclic) bond motifs is 1. The molecule has 0 radical (unpaired) electrons. The minimum atomic E-state index is -1.30. The number of carbonyl (C=O) groups excluding carboxylic acids is 3. The van der Waals surface area contributed by atoms with E-state index < -0.39 is 34.5 Å². The number of imide groups is 1. The lowest BCUT2D eigenvalue weighted by Crippen LogP contribution is -2.34. The highest BCUT2D eigenvalue weighted by Gasteiger charge is 2.57. The Labute approximate surface area is 172 Å². The minimum absolute atomic E-state index is 0.0677. The van der Waals surface area contributed by atoms with Gasteiger partial charge < -0.3 is 4.84 Å². The highest BCUT2D eigenvalue weighted by atomic mass is 35.5. The molecule has 1 saturated heterocycles. The van der Waals surface area contributed by atoms with Gasteiger partial charge in [0.25, 0.3) is 11.6 Å². The van der Waals surface area contributed by atoms with Crippen LogP contribution in [0.2, 0.25) is 10.0 Å². The number of anilines is 1. The average molecular weight is 434 g/mol. The van der Waals surface area contributed by atoms with Crippen LogP contribution >= 0.6 is 23.2 Å². The maximum absolute atomic E-state index is 13.0. The highest BCUT2D eigenvalue weighted by Crippen LogP contribution is 2.38. The van der Waals surface area contributed by atoms with Crippen LogP contribution in [0.5, 0.6) is 0 Å². The Morgan fingerprint density at radius 3 is 2.45 bits per heavy atom. The fourth-order valence-corrected chi connectivity index (χ4v) is 3.51. The molecule has 2 aromatic rings. The van der Waals surface area contributed by atoms with Crippen molar-refractivity contribution in [3.63, 3.8) is 0 Å². The van der Waals surface area contributed by atoms with Crippen molar-refractivity contribution in [3.05, 3.63) is 68.2 Å². The summed E-state index contributed by atoms with van der Waals surface area (Å²) in [6.45, 7) is 0. The Kier molecular flexibility index (Phi) is 4.56. The van der Waals surface area contributed by atoms with Gasteiger partial charge in [0.1, 0.15) is 11.6 Å². The molecule has 1 fully saturated rings. The number of non-ortho nitro benzene ring substituents is 1. The number of carbonyl (C=O) groups is 3. The molecule has 4 rings (SSSR count). The number of amides is 2. The summed E-state index contributed by atoms with van der Waals surface area (Å²) < 4.78 is 0. The number of halogens is 2. The second kappa shape index (κ2) is 6.94. The molecule has 146 valence electrons. The van der Waals surface area contributed by atoms with Gasteiger partial charge in [-0.05, 0) is 30.3 Å². The third kappa shape index (κ3) is 3.04. The number of ketones is 1. The average Bonchev–Trinajstić information content (AvgIpc) is 3.24. The van der Waals surface area contributed by atoms with Crippen molar-refractivity contribution in [2.24, 2.45) is 11.1 Å². The predicted octanol–water partition coefficient (Wildman–Crippen LogP) is 3.03. The molecule has 29 heavy (non-hydrogen) atoms. The van der Waals surface area contributed by atoms with Gasteiger partial charge in [-0.15, -0.1) is 0 Å². The van der Waals surface area contributed by atoms with Gasteiger partial charge in [-0.3, -0.25) is 24.5 Å². The molecule has 2 aromatic carbocycles. The summed E-state index contributed by atoms with van der Waals surface area (Å²) in [5, 5.41) is 14.8. The zero-order chi connectivity index (χ0) is 20.9. The van der Waals surface area contributed by atoms with Crippen LogP contribution in [0.15, 0.2) is 47.6 Å². The molecule has 0 aromatic heterocycles. The van der Waals surface area contributed by atoms with Crippen LogP contribution < -0.4 is 4.90 Å². The van der Waals surface area contributed by atoms with Gasteiger partial charge in [-0.25, -0.2) is 4.90 Å². The van der Waals surface area contributed by atoms with Gasteiger partial charge >= 0.3 is 0 Å². The van der Waals surface area contributed by atoms with E-state index in [1.165, 1.54) is 30.3 Å². The Hall–Kier alpha value is -3.30. The Morgan fingerprint density at radius 1 is 1.10 bits per heavy atom. The first kappa shape index (κ1) is 19.0. The van der Waals surface area contributed by atoms with Crippen LogP contribution in [0.25, 0.3) is 0 Å². The molecule has 2 amide bonds. The monoisotopic (exact) mass is 433 g/mol. The van der Waals surface area contributed by atoms with E-state index in [0.717, 1.165) is 17.0 Å². The van der Waals surface area contributed by atoms with E-state index >= 15 is 0 Å². The molecular weight excluding hydrogens is 425 g/mol. The van der Waals surface area contributed by atoms with E-state index in [1.54, 1.807) is 0 Å². The lowest BCUT2D eigenvalue weighted by molar-refractivity contribution is -0.384. The van der Waals surface area contributed by atoms with Gasteiger partial charge in [0.05, 0.1) is 15.6 Å². The van der Waals surface area contributed by atoms with Crippen molar-refractivity contribution in [3.8, 4) is 0 Å². The number of hydrogen-bond acceptors (Lipinski definition) is 7. The second-order valence-corrected chi connectivity index (χ2v) is 7.06. The molecule has 0 spiro atoms. The molecule has 2 aliphatic rings. The van der Waals surface area contributed by atoms with Crippen LogP contribution in [-0.2, 0) is 14.4 Å². The zero-order valence-electron chi connectivity index (χ0n) is 14.2. The zero-order valence-corrected chi connectivity index (χ0v) is 15.8. The molecule has 0 N–H and O–H groups in total. The summed E-state index contributed by atoms with van der Waals surface area (Å²) in [5.74, 6) is -3.37. The van der Waals surface area contributed by atoms with Crippen molar-refractivity contribution < 1.29 is 24.1 Å². The molecule has 2 heterocycles. The van der Waals surface area contributed by atoms with E-state index in [0.29, 0.717) is 0 Å². The quantitative estimate of drug-likeness (QED) is 0.316. The van der Waals surface area contributed by atoms with E-state index in [9.17, 15) is 24.5 Å². The van der Waals surface area contributed by atoms with Crippen LogP contribution in [0.3, 0.4) is 0 Å².